The fourth-order valence-electron chi connectivity index (χ4n) is 6.05. The maximum absolute atomic E-state index is 13.5. The van der Waals surface area contributed by atoms with Crippen molar-refractivity contribution in [2.75, 3.05) is 0 Å². The molecular weight excluding hydrogens is 674 g/mol. The van der Waals surface area contributed by atoms with Crippen LogP contribution in [-0.4, -0.2) is 79.7 Å². The van der Waals surface area contributed by atoms with Crippen LogP contribution >= 0.6 is 0 Å². The van der Waals surface area contributed by atoms with Crippen molar-refractivity contribution in [1.82, 2.24) is 46.5 Å². The Morgan fingerprint density at radius 2 is 1.04 bits per heavy atom. The van der Waals surface area contributed by atoms with Gasteiger partial charge in [-0.3, -0.25) is 24.0 Å². The van der Waals surface area contributed by atoms with Crippen LogP contribution in [0.5, 0.6) is 0 Å². The van der Waals surface area contributed by atoms with Crippen molar-refractivity contribution >= 4 is 29.5 Å². The van der Waals surface area contributed by atoms with Crippen molar-refractivity contribution in [3.8, 4) is 0 Å². The van der Waals surface area contributed by atoms with Gasteiger partial charge in [0.15, 0.2) is 0 Å². The molecule has 7 N–H and O–H groups in total. The van der Waals surface area contributed by atoms with Gasteiger partial charge in [-0.2, -0.15) is 0 Å². The van der Waals surface area contributed by atoms with Gasteiger partial charge in [-0.05, 0) is 33.1 Å². The molecule has 4 atom stereocenters. The van der Waals surface area contributed by atoms with E-state index in [1.165, 1.54) is 83.8 Å². The van der Waals surface area contributed by atoms with Gasteiger partial charge in [0.05, 0.1) is 24.0 Å². The van der Waals surface area contributed by atoms with Gasteiger partial charge in [0.1, 0.15) is 24.2 Å². The summed E-state index contributed by atoms with van der Waals surface area (Å²) in [4.78, 5) is 80.2. The number of hydrogen-bond acceptors (Lipinski definition) is 7. The molecule has 0 radical (unpaired) electrons. The van der Waals surface area contributed by atoms with Crippen molar-refractivity contribution < 1.29 is 24.0 Å². The third kappa shape index (κ3) is 18.9. The number of hydrogen-bond donors (Lipinski definition) is 7. The van der Waals surface area contributed by atoms with E-state index in [-0.39, 0.29) is 36.6 Å². The molecule has 0 aromatic carbocycles. The standard InChI is InChI=1S/C39H67N9O5/c1-7-8-9-10-11-12-13-14-15-16-17-18-19-20-34(49)46-32(21-30-23-40-25-42-30)38(52)45-29(6)36(50)48-35(27(2)3)39(53)47-33(37(51)44-28(4)5)22-31-24-41-26-43-31/h23-29,32-33,35H,7-22H2,1-6H3,(H,40,42)(H,41,43)(H,44,51)(H,45,52)(H,46,49)(H,47,53)(H,48,50)/t29-,32-,33-,35+/m0/s1. The maximum Gasteiger partial charge on any atom is 0.243 e. The SMILES string of the molecule is CCCCCCCCCCCCCCCC(=O)N[C@@H](Cc1c[nH]cn1)C(=O)N[C@@H](C)C(=O)N[C@@H](C(=O)N[C@@H](Cc1c[nH]cn1)C(=O)NC(C)C)C(C)C. The van der Waals surface area contributed by atoms with Gasteiger partial charge in [0.2, 0.25) is 29.5 Å². The second-order valence-electron chi connectivity index (χ2n) is 14.8. The number of rotatable bonds is 28. The first-order chi connectivity index (χ1) is 25.4. The van der Waals surface area contributed by atoms with E-state index in [1.54, 1.807) is 26.2 Å². The van der Waals surface area contributed by atoms with Crippen LogP contribution in [0.1, 0.15) is 143 Å². The molecule has 53 heavy (non-hydrogen) atoms. The summed E-state index contributed by atoms with van der Waals surface area (Å²) in [6.07, 6.45) is 22.6. The van der Waals surface area contributed by atoms with E-state index in [4.69, 9.17) is 0 Å². The third-order valence-electron chi connectivity index (χ3n) is 9.16. The quantitative estimate of drug-likeness (QED) is 0.0620. The third-order valence-corrected chi connectivity index (χ3v) is 9.16. The first-order valence-electron chi connectivity index (χ1n) is 19.9. The predicted molar refractivity (Wildman–Crippen MR) is 206 cm³/mol. The molecule has 0 saturated carbocycles. The summed E-state index contributed by atoms with van der Waals surface area (Å²) >= 11 is 0. The lowest BCUT2D eigenvalue weighted by atomic mass is 10.0. The summed E-state index contributed by atoms with van der Waals surface area (Å²) < 4.78 is 0. The van der Waals surface area contributed by atoms with Gasteiger partial charge in [0.25, 0.3) is 0 Å². The molecule has 0 saturated heterocycles. The Kier molecular flexibility index (Phi) is 21.8. The largest absolute Gasteiger partial charge is 0.352 e. The molecule has 2 heterocycles. The van der Waals surface area contributed by atoms with Gasteiger partial charge in [0, 0.05) is 37.7 Å². The fraction of sp³-hybridized carbons (Fsp3) is 0.718. The van der Waals surface area contributed by atoms with E-state index in [1.807, 2.05) is 13.8 Å². The second-order valence-corrected chi connectivity index (χ2v) is 14.8. The molecule has 0 bridgehead atoms. The lowest BCUT2D eigenvalue weighted by Gasteiger charge is -2.27. The molecular formula is C39H67N9O5. The van der Waals surface area contributed by atoms with E-state index in [2.05, 4.69) is 53.4 Å². The number of nitrogens with one attached hydrogen (secondary N) is 7. The van der Waals surface area contributed by atoms with Gasteiger partial charge in [-0.1, -0.05) is 97.8 Å². The smallest absolute Gasteiger partial charge is 0.243 e. The highest BCUT2D eigenvalue weighted by molar-refractivity contribution is 5.95. The molecule has 0 aliphatic rings. The molecule has 2 aromatic heterocycles. The molecule has 0 unspecified atom stereocenters. The van der Waals surface area contributed by atoms with Crippen LogP contribution in [0.25, 0.3) is 0 Å². The highest BCUT2D eigenvalue weighted by Crippen LogP contribution is 2.13. The number of aromatic nitrogens is 4. The minimum Gasteiger partial charge on any atom is -0.352 e. The monoisotopic (exact) mass is 742 g/mol. The van der Waals surface area contributed by atoms with Crippen molar-refractivity contribution in [3.05, 3.63) is 36.4 Å². The summed E-state index contributed by atoms with van der Waals surface area (Å²) in [6, 6.07) is -4.04. The first kappa shape index (κ1) is 44.9. The number of carbonyl (C=O) groups excluding carboxylic acids is 5. The molecule has 0 aliphatic carbocycles. The van der Waals surface area contributed by atoms with Crippen LogP contribution in [-0.2, 0) is 36.8 Å². The van der Waals surface area contributed by atoms with Crippen LogP contribution in [0.15, 0.2) is 25.0 Å². The number of carbonyl (C=O) groups is 5. The van der Waals surface area contributed by atoms with Gasteiger partial charge in [-0.15, -0.1) is 0 Å². The maximum atomic E-state index is 13.5. The number of imidazole rings is 2. The highest BCUT2D eigenvalue weighted by atomic mass is 16.2. The van der Waals surface area contributed by atoms with Crippen molar-refractivity contribution in [2.45, 2.75) is 174 Å². The molecule has 0 fully saturated rings. The second kappa shape index (κ2) is 25.7. The average Bonchev–Trinajstić information content (AvgIpc) is 3.83. The van der Waals surface area contributed by atoms with E-state index >= 15 is 0 Å². The fourth-order valence-corrected chi connectivity index (χ4v) is 6.05. The topological polar surface area (TPSA) is 203 Å². The van der Waals surface area contributed by atoms with E-state index in [0.29, 0.717) is 17.8 Å². The zero-order valence-electron chi connectivity index (χ0n) is 33.0. The molecule has 5 amide bonds. The van der Waals surface area contributed by atoms with Crippen LogP contribution in [0, 0.1) is 5.92 Å². The first-order valence-corrected chi connectivity index (χ1v) is 19.9. The average molecular weight is 742 g/mol. The molecule has 14 heteroatoms. The number of nitrogens with zero attached hydrogens (tertiary/aromatic N) is 2. The van der Waals surface area contributed by atoms with E-state index in [0.717, 1.165) is 19.3 Å². The van der Waals surface area contributed by atoms with Crippen molar-refractivity contribution in [2.24, 2.45) is 5.92 Å². The van der Waals surface area contributed by atoms with Crippen molar-refractivity contribution in [3.63, 3.8) is 0 Å². The summed E-state index contributed by atoms with van der Waals surface area (Å²) in [5.74, 6) is -2.60. The van der Waals surface area contributed by atoms with E-state index < -0.39 is 41.9 Å². The Balaban J connectivity index is 1.88. The summed E-state index contributed by atoms with van der Waals surface area (Å²) in [6.45, 7) is 11.0. The van der Waals surface area contributed by atoms with Crippen LogP contribution < -0.4 is 26.6 Å². The van der Waals surface area contributed by atoms with Crippen molar-refractivity contribution in [1.29, 1.82) is 0 Å². The number of aromatic amines is 2. The van der Waals surface area contributed by atoms with Crippen LogP contribution in [0.2, 0.25) is 0 Å². The summed E-state index contributed by atoms with van der Waals surface area (Å²) in [5.41, 5.74) is 1.18. The lowest BCUT2D eigenvalue weighted by Crippen LogP contribution is -2.59. The molecule has 14 nitrogen and oxygen atoms in total. The molecule has 2 aromatic rings. The summed E-state index contributed by atoms with van der Waals surface area (Å²) in [5, 5.41) is 13.9. The van der Waals surface area contributed by atoms with Crippen LogP contribution in [0.4, 0.5) is 0 Å². The minimum atomic E-state index is -1.03. The van der Waals surface area contributed by atoms with E-state index in [9.17, 15) is 24.0 Å². The van der Waals surface area contributed by atoms with Gasteiger partial charge >= 0.3 is 0 Å². The number of unbranched alkanes of at least 4 members (excludes halogenated alkanes) is 12. The summed E-state index contributed by atoms with van der Waals surface area (Å²) in [7, 11) is 0. The molecule has 0 aliphatic heterocycles. The lowest BCUT2D eigenvalue weighted by molar-refractivity contribution is -0.135. The molecule has 298 valence electrons. The normalized spacial score (nSPS) is 13.6. The minimum absolute atomic E-state index is 0.140. The predicted octanol–water partition coefficient (Wildman–Crippen LogP) is 4.54. The Labute approximate surface area is 316 Å². The number of amides is 5. The Morgan fingerprint density at radius 1 is 0.566 bits per heavy atom. The van der Waals surface area contributed by atoms with Gasteiger partial charge < -0.3 is 36.6 Å². The number of H-pyrrole nitrogens is 2. The van der Waals surface area contributed by atoms with Gasteiger partial charge in [-0.25, -0.2) is 9.97 Å². The zero-order chi connectivity index (χ0) is 39.0. The Morgan fingerprint density at radius 3 is 1.49 bits per heavy atom. The zero-order valence-corrected chi connectivity index (χ0v) is 33.0. The molecule has 0 spiro atoms. The Bertz CT molecular complexity index is 1330. The molecule has 2 rings (SSSR count). The Hall–Kier alpha value is -4.23. The highest BCUT2D eigenvalue weighted by Gasteiger charge is 2.32. The van der Waals surface area contributed by atoms with Crippen LogP contribution in [0.3, 0.4) is 0 Å².